The molecule has 2 N–H and O–H groups in total. The molecule has 0 aromatic rings. The molecule has 0 bridgehead atoms. The molecule has 4 heteroatoms. The lowest BCUT2D eigenvalue weighted by molar-refractivity contribution is -0.137. The van der Waals surface area contributed by atoms with Gasteiger partial charge in [-0.25, -0.2) is 0 Å². The highest BCUT2D eigenvalue weighted by Gasteiger charge is 2.27. The molecule has 1 aliphatic rings. The van der Waals surface area contributed by atoms with Crippen LogP contribution in [0.3, 0.4) is 0 Å². The van der Waals surface area contributed by atoms with E-state index in [4.69, 9.17) is 5.73 Å². The first kappa shape index (κ1) is 11.0. The minimum atomic E-state index is -0.286. The van der Waals surface area contributed by atoms with Crippen LogP contribution in [-0.2, 0) is 9.59 Å². The Balaban J connectivity index is 2.56. The summed E-state index contributed by atoms with van der Waals surface area (Å²) in [6.45, 7) is 5.01. The highest BCUT2D eigenvalue weighted by molar-refractivity contribution is 5.81. The topological polar surface area (TPSA) is 63.4 Å². The van der Waals surface area contributed by atoms with Gasteiger partial charge in [-0.3, -0.25) is 9.59 Å². The van der Waals surface area contributed by atoms with Crippen molar-refractivity contribution >= 4 is 11.8 Å². The molecule has 1 fully saturated rings. The van der Waals surface area contributed by atoms with Crippen molar-refractivity contribution in [2.45, 2.75) is 26.7 Å². The van der Waals surface area contributed by atoms with Gasteiger partial charge in [0.2, 0.25) is 11.8 Å². The minimum Gasteiger partial charge on any atom is -0.369 e. The predicted octanol–water partition coefficient (Wildman–Crippen LogP) is 0.366. The molecular formula is C10H18N2O2. The summed E-state index contributed by atoms with van der Waals surface area (Å²) in [4.78, 5) is 24.4. The zero-order valence-corrected chi connectivity index (χ0v) is 8.82. The van der Waals surface area contributed by atoms with Crippen LogP contribution < -0.4 is 5.73 Å². The van der Waals surface area contributed by atoms with Crippen LogP contribution in [-0.4, -0.2) is 29.8 Å². The lowest BCUT2D eigenvalue weighted by Gasteiger charge is -2.32. The van der Waals surface area contributed by atoms with Gasteiger partial charge in [-0.2, -0.15) is 0 Å². The fraction of sp³-hybridized carbons (Fsp3) is 0.800. The quantitative estimate of drug-likeness (QED) is 0.696. The number of amides is 2. The van der Waals surface area contributed by atoms with E-state index >= 15 is 0 Å². The van der Waals surface area contributed by atoms with Crippen molar-refractivity contribution in [3.05, 3.63) is 0 Å². The average Bonchev–Trinajstić information content (AvgIpc) is 2.16. The summed E-state index contributed by atoms with van der Waals surface area (Å²) in [5.74, 6) is -0.310. The van der Waals surface area contributed by atoms with Crippen LogP contribution in [0.4, 0.5) is 0 Å². The van der Waals surface area contributed by atoms with Gasteiger partial charge >= 0.3 is 0 Å². The summed E-state index contributed by atoms with van der Waals surface area (Å²) in [7, 11) is 0. The Bertz CT molecular complexity index is 238. The molecule has 1 atom stereocenters. The first-order chi connectivity index (χ1) is 6.52. The van der Waals surface area contributed by atoms with Crippen molar-refractivity contribution in [3.63, 3.8) is 0 Å². The Kier molecular flexibility index (Phi) is 3.49. The molecule has 1 heterocycles. The normalized spacial score (nSPS) is 22.5. The Labute approximate surface area is 84.4 Å². The van der Waals surface area contributed by atoms with E-state index in [0.29, 0.717) is 6.54 Å². The third kappa shape index (κ3) is 2.47. The summed E-state index contributed by atoms with van der Waals surface area (Å²) in [5.41, 5.74) is 5.23. The molecular weight excluding hydrogens is 180 g/mol. The summed E-state index contributed by atoms with van der Waals surface area (Å²) in [6, 6.07) is 0. The molecule has 0 aromatic heterocycles. The molecule has 0 radical (unpaired) electrons. The Morgan fingerprint density at radius 3 is 2.57 bits per heavy atom. The number of carbonyl (C=O) groups excluding carboxylic acids is 2. The molecule has 4 nitrogen and oxygen atoms in total. The Morgan fingerprint density at radius 1 is 1.43 bits per heavy atom. The van der Waals surface area contributed by atoms with E-state index in [1.165, 1.54) is 0 Å². The second kappa shape index (κ2) is 4.44. The number of hydrogen-bond acceptors (Lipinski definition) is 2. The fourth-order valence-electron chi connectivity index (χ4n) is 1.77. The third-order valence-electron chi connectivity index (χ3n) is 2.63. The van der Waals surface area contributed by atoms with Gasteiger partial charge in [0.1, 0.15) is 0 Å². The van der Waals surface area contributed by atoms with Gasteiger partial charge in [-0.05, 0) is 12.8 Å². The van der Waals surface area contributed by atoms with E-state index in [9.17, 15) is 9.59 Å². The lowest BCUT2D eigenvalue weighted by Crippen LogP contribution is -2.45. The van der Waals surface area contributed by atoms with E-state index < -0.39 is 0 Å². The van der Waals surface area contributed by atoms with Crippen molar-refractivity contribution in [1.82, 2.24) is 4.90 Å². The first-order valence-corrected chi connectivity index (χ1v) is 5.10. The number of hydrogen-bond donors (Lipinski definition) is 1. The van der Waals surface area contributed by atoms with Crippen LogP contribution in [0.5, 0.6) is 0 Å². The van der Waals surface area contributed by atoms with Crippen molar-refractivity contribution in [3.8, 4) is 0 Å². The first-order valence-electron chi connectivity index (χ1n) is 5.10. The Morgan fingerprint density at radius 2 is 2.07 bits per heavy atom. The van der Waals surface area contributed by atoms with Gasteiger partial charge < -0.3 is 10.6 Å². The highest BCUT2D eigenvalue weighted by atomic mass is 16.2. The van der Waals surface area contributed by atoms with E-state index in [1.54, 1.807) is 4.90 Å². The zero-order valence-electron chi connectivity index (χ0n) is 8.82. The van der Waals surface area contributed by atoms with Crippen LogP contribution in [0, 0.1) is 11.8 Å². The predicted molar refractivity (Wildman–Crippen MR) is 53.3 cm³/mol. The average molecular weight is 198 g/mol. The van der Waals surface area contributed by atoms with E-state index in [1.807, 2.05) is 13.8 Å². The zero-order chi connectivity index (χ0) is 10.7. The van der Waals surface area contributed by atoms with Gasteiger partial charge in [0.25, 0.3) is 0 Å². The standard InChI is InChI=1S/C10H18N2O2/c1-7(2)10(14)12-5-3-4-8(6-12)9(11)13/h7-8H,3-6H2,1-2H3,(H2,11,13). The largest absolute Gasteiger partial charge is 0.369 e. The van der Waals surface area contributed by atoms with Crippen molar-refractivity contribution in [2.75, 3.05) is 13.1 Å². The van der Waals surface area contributed by atoms with Crippen LogP contribution >= 0.6 is 0 Å². The summed E-state index contributed by atoms with van der Waals surface area (Å²) in [6.07, 6.45) is 1.70. The second-order valence-corrected chi connectivity index (χ2v) is 4.18. The smallest absolute Gasteiger partial charge is 0.225 e. The molecule has 1 rings (SSSR count). The summed E-state index contributed by atoms with van der Waals surface area (Å²) in [5, 5.41) is 0. The van der Waals surface area contributed by atoms with Crippen molar-refractivity contribution in [1.29, 1.82) is 0 Å². The van der Waals surface area contributed by atoms with E-state index in [0.717, 1.165) is 19.4 Å². The fourth-order valence-corrected chi connectivity index (χ4v) is 1.77. The number of piperidine rings is 1. The van der Waals surface area contributed by atoms with Crippen LogP contribution in [0.25, 0.3) is 0 Å². The number of likely N-dealkylation sites (tertiary alicyclic amines) is 1. The number of primary amides is 1. The van der Waals surface area contributed by atoms with Crippen molar-refractivity contribution in [2.24, 2.45) is 17.6 Å². The molecule has 1 aliphatic heterocycles. The maximum absolute atomic E-state index is 11.6. The summed E-state index contributed by atoms with van der Waals surface area (Å²) >= 11 is 0. The SMILES string of the molecule is CC(C)C(=O)N1CCCC(C(N)=O)C1. The Hall–Kier alpha value is -1.06. The molecule has 80 valence electrons. The number of rotatable bonds is 2. The van der Waals surface area contributed by atoms with Gasteiger partial charge in [-0.15, -0.1) is 0 Å². The molecule has 0 saturated carbocycles. The van der Waals surface area contributed by atoms with Crippen LogP contribution in [0.15, 0.2) is 0 Å². The molecule has 0 aromatic carbocycles. The molecule has 0 spiro atoms. The number of carbonyl (C=O) groups is 2. The second-order valence-electron chi connectivity index (χ2n) is 4.18. The van der Waals surface area contributed by atoms with Gasteiger partial charge in [0.15, 0.2) is 0 Å². The third-order valence-corrected chi connectivity index (χ3v) is 2.63. The van der Waals surface area contributed by atoms with Gasteiger partial charge in [0, 0.05) is 19.0 Å². The van der Waals surface area contributed by atoms with Gasteiger partial charge in [0.05, 0.1) is 5.92 Å². The van der Waals surface area contributed by atoms with Crippen LogP contribution in [0.2, 0.25) is 0 Å². The highest BCUT2D eigenvalue weighted by Crippen LogP contribution is 2.17. The van der Waals surface area contributed by atoms with Gasteiger partial charge in [-0.1, -0.05) is 13.8 Å². The summed E-state index contributed by atoms with van der Waals surface area (Å²) < 4.78 is 0. The molecule has 14 heavy (non-hydrogen) atoms. The minimum absolute atomic E-state index is 0.00151. The maximum atomic E-state index is 11.6. The molecule has 2 amide bonds. The molecule has 0 aliphatic carbocycles. The van der Waals surface area contributed by atoms with E-state index in [-0.39, 0.29) is 23.7 Å². The van der Waals surface area contributed by atoms with Crippen LogP contribution in [0.1, 0.15) is 26.7 Å². The molecule has 1 saturated heterocycles. The number of nitrogens with zero attached hydrogens (tertiary/aromatic N) is 1. The van der Waals surface area contributed by atoms with E-state index in [2.05, 4.69) is 0 Å². The lowest BCUT2D eigenvalue weighted by atomic mass is 9.96. The van der Waals surface area contributed by atoms with Crippen molar-refractivity contribution < 1.29 is 9.59 Å². The maximum Gasteiger partial charge on any atom is 0.225 e. The molecule has 1 unspecified atom stereocenters. The monoisotopic (exact) mass is 198 g/mol. The number of nitrogens with two attached hydrogens (primary N) is 1.